The van der Waals surface area contributed by atoms with Crippen LogP contribution in [0.5, 0.6) is 5.75 Å². The fourth-order valence-corrected chi connectivity index (χ4v) is 4.50. The summed E-state index contributed by atoms with van der Waals surface area (Å²) in [6.07, 6.45) is 6.33. The second-order valence-corrected chi connectivity index (χ2v) is 9.41. The maximum absolute atomic E-state index is 13.2. The van der Waals surface area contributed by atoms with Crippen LogP contribution in [0.25, 0.3) is 0 Å². The number of rotatable bonds is 9. The summed E-state index contributed by atoms with van der Waals surface area (Å²) >= 11 is 12.4. The smallest absolute Gasteiger partial charge is 0.261 e. The highest BCUT2D eigenvalue weighted by Gasteiger charge is 2.29. The van der Waals surface area contributed by atoms with Crippen LogP contribution < -0.4 is 10.1 Å². The molecule has 1 saturated carbocycles. The molecule has 33 heavy (non-hydrogen) atoms. The average Bonchev–Trinajstić information content (AvgIpc) is 2.82. The van der Waals surface area contributed by atoms with Gasteiger partial charge in [-0.1, -0.05) is 67.6 Å². The van der Waals surface area contributed by atoms with Gasteiger partial charge in [-0.3, -0.25) is 9.59 Å². The van der Waals surface area contributed by atoms with E-state index in [9.17, 15) is 9.59 Å². The van der Waals surface area contributed by atoms with E-state index in [4.69, 9.17) is 27.9 Å². The Labute approximate surface area is 206 Å². The lowest BCUT2D eigenvalue weighted by atomic mass is 9.95. The number of amides is 2. The molecule has 2 amide bonds. The maximum Gasteiger partial charge on any atom is 0.261 e. The summed E-state index contributed by atoms with van der Waals surface area (Å²) in [6, 6.07) is 12.3. The first-order valence-electron chi connectivity index (χ1n) is 11.6. The third kappa shape index (κ3) is 7.38. The maximum atomic E-state index is 13.2. The zero-order chi connectivity index (χ0) is 23.8. The van der Waals surface area contributed by atoms with Gasteiger partial charge in [-0.05, 0) is 61.6 Å². The van der Waals surface area contributed by atoms with Crippen molar-refractivity contribution in [3.63, 3.8) is 0 Å². The normalized spacial score (nSPS) is 15.0. The summed E-state index contributed by atoms with van der Waals surface area (Å²) in [5.74, 6) is 0.170. The molecule has 3 rings (SSSR count). The zero-order valence-corrected chi connectivity index (χ0v) is 20.8. The Balaban J connectivity index is 1.72. The van der Waals surface area contributed by atoms with Gasteiger partial charge in [-0.2, -0.15) is 0 Å². The summed E-state index contributed by atoms with van der Waals surface area (Å²) in [4.78, 5) is 27.8. The lowest BCUT2D eigenvalue weighted by Gasteiger charge is -2.31. The van der Waals surface area contributed by atoms with Gasteiger partial charge in [0.25, 0.3) is 5.91 Å². The monoisotopic (exact) mass is 490 g/mol. The Hall–Kier alpha value is -2.24. The fourth-order valence-electron chi connectivity index (χ4n) is 4.03. The molecule has 0 aromatic heterocycles. The molecule has 7 heteroatoms. The molecular formula is C26H32Cl2N2O3. The minimum absolute atomic E-state index is 0.160. The van der Waals surface area contributed by atoms with Crippen LogP contribution in [-0.4, -0.2) is 35.4 Å². The van der Waals surface area contributed by atoms with Crippen LogP contribution in [0.2, 0.25) is 10.0 Å². The third-order valence-corrected chi connectivity index (χ3v) is 6.76. The van der Waals surface area contributed by atoms with Gasteiger partial charge in [-0.15, -0.1) is 0 Å². The number of nitrogens with one attached hydrogen (secondary N) is 1. The molecule has 0 bridgehead atoms. The van der Waals surface area contributed by atoms with Gasteiger partial charge in [0.05, 0.1) is 0 Å². The van der Waals surface area contributed by atoms with E-state index in [-0.39, 0.29) is 31.0 Å². The van der Waals surface area contributed by atoms with Crippen molar-refractivity contribution in [2.24, 2.45) is 0 Å². The number of hydrogen-bond acceptors (Lipinski definition) is 3. The number of nitrogens with zero attached hydrogens (tertiary/aromatic N) is 1. The van der Waals surface area contributed by atoms with E-state index in [1.165, 1.54) is 16.9 Å². The number of ether oxygens (including phenoxy) is 1. The van der Waals surface area contributed by atoms with E-state index in [2.05, 4.69) is 12.2 Å². The molecule has 0 radical (unpaired) electrons. The highest BCUT2D eigenvalue weighted by Crippen LogP contribution is 2.24. The average molecular weight is 491 g/mol. The summed E-state index contributed by atoms with van der Waals surface area (Å²) < 4.78 is 5.74. The molecule has 1 N–H and O–H groups in total. The predicted octanol–water partition coefficient (Wildman–Crippen LogP) is 5.80. The molecular weight excluding hydrogens is 459 g/mol. The van der Waals surface area contributed by atoms with Crippen molar-refractivity contribution in [3.05, 3.63) is 63.6 Å². The van der Waals surface area contributed by atoms with E-state index < -0.39 is 6.04 Å². The number of aryl methyl sites for hydroxylation is 1. The Morgan fingerprint density at radius 3 is 2.42 bits per heavy atom. The standard InChI is InChI=1S/C26H32Cl2N2O3/c1-3-19-9-13-23(14-10-19)33-17-25(31)30(16-20-11-12-21(27)15-24(20)28)18(2)26(32)29-22-7-5-4-6-8-22/h9-15,18,22H,3-8,16-17H2,1-2H3,(H,29,32)/t18-/m0/s1. The van der Waals surface area contributed by atoms with Crippen molar-refractivity contribution in [2.45, 2.75) is 71.0 Å². The van der Waals surface area contributed by atoms with Gasteiger partial charge in [0.2, 0.25) is 5.91 Å². The van der Waals surface area contributed by atoms with E-state index in [1.54, 1.807) is 25.1 Å². The lowest BCUT2D eigenvalue weighted by Crippen LogP contribution is -2.51. The molecule has 1 aliphatic rings. The van der Waals surface area contributed by atoms with Gasteiger partial charge in [0.1, 0.15) is 11.8 Å². The van der Waals surface area contributed by atoms with Crippen LogP contribution in [0.4, 0.5) is 0 Å². The predicted molar refractivity (Wildman–Crippen MR) is 133 cm³/mol. The van der Waals surface area contributed by atoms with Crippen molar-refractivity contribution in [1.82, 2.24) is 10.2 Å². The van der Waals surface area contributed by atoms with Gasteiger partial charge in [-0.25, -0.2) is 0 Å². The molecule has 1 atom stereocenters. The van der Waals surface area contributed by atoms with Crippen LogP contribution in [-0.2, 0) is 22.6 Å². The number of carbonyl (C=O) groups excluding carboxylic acids is 2. The molecule has 2 aromatic rings. The zero-order valence-electron chi connectivity index (χ0n) is 19.3. The molecule has 5 nitrogen and oxygen atoms in total. The van der Waals surface area contributed by atoms with Gasteiger partial charge >= 0.3 is 0 Å². The topological polar surface area (TPSA) is 58.6 Å². The third-order valence-electron chi connectivity index (χ3n) is 6.17. The van der Waals surface area contributed by atoms with Crippen molar-refractivity contribution < 1.29 is 14.3 Å². The minimum atomic E-state index is -0.669. The molecule has 0 aliphatic heterocycles. The highest BCUT2D eigenvalue weighted by atomic mass is 35.5. The van der Waals surface area contributed by atoms with Crippen LogP contribution in [0.1, 0.15) is 57.1 Å². The molecule has 0 saturated heterocycles. The Kier molecular flexibility index (Phi) is 9.45. The van der Waals surface area contributed by atoms with E-state index >= 15 is 0 Å². The van der Waals surface area contributed by atoms with E-state index in [0.717, 1.165) is 37.7 Å². The van der Waals surface area contributed by atoms with Crippen LogP contribution in [0.15, 0.2) is 42.5 Å². The summed E-state index contributed by atoms with van der Waals surface area (Å²) in [6.45, 7) is 3.85. The van der Waals surface area contributed by atoms with Crippen LogP contribution >= 0.6 is 23.2 Å². The van der Waals surface area contributed by atoms with Gasteiger partial charge in [0.15, 0.2) is 6.61 Å². The van der Waals surface area contributed by atoms with E-state index in [1.807, 2.05) is 24.3 Å². The number of benzene rings is 2. The first kappa shape index (κ1) is 25.4. The van der Waals surface area contributed by atoms with Crippen molar-refractivity contribution in [3.8, 4) is 5.75 Å². The fraction of sp³-hybridized carbons (Fsp3) is 0.462. The molecule has 0 unspecified atom stereocenters. The largest absolute Gasteiger partial charge is 0.484 e. The minimum Gasteiger partial charge on any atom is -0.484 e. The molecule has 0 heterocycles. The lowest BCUT2D eigenvalue weighted by molar-refractivity contribution is -0.142. The second-order valence-electron chi connectivity index (χ2n) is 8.56. The summed E-state index contributed by atoms with van der Waals surface area (Å²) in [5, 5.41) is 4.09. The van der Waals surface area contributed by atoms with Crippen molar-refractivity contribution >= 4 is 35.0 Å². The Morgan fingerprint density at radius 2 is 1.79 bits per heavy atom. The SMILES string of the molecule is CCc1ccc(OCC(=O)N(Cc2ccc(Cl)cc2Cl)[C@@H](C)C(=O)NC2CCCCC2)cc1. The van der Waals surface area contributed by atoms with Crippen LogP contribution in [0, 0.1) is 0 Å². The summed E-state index contributed by atoms with van der Waals surface area (Å²) in [7, 11) is 0. The molecule has 1 fully saturated rings. The molecule has 2 aromatic carbocycles. The number of carbonyl (C=O) groups is 2. The summed E-state index contributed by atoms with van der Waals surface area (Å²) in [5.41, 5.74) is 1.92. The van der Waals surface area contributed by atoms with Crippen molar-refractivity contribution in [1.29, 1.82) is 0 Å². The Morgan fingerprint density at radius 1 is 1.09 bits per heavy atom. The first-order valence-corrected chi connectivity index (χ1v) is 12.4. The van der Waals surface area contributed by atoms with Crippen LogP contribution in [0.3, 0.4) is 0 Å². The molecule has 0 spiro atoms. The van der Waals surface area contributed by atoms with Gasteiger partial charge in [0, 0.05) is 22.6 Å². The molecule has 1 aliphatic carbocycles. The quantitative estimate of drug-likeness (QED) is 0.482. The van der Waals surface area contributed by atoms with E-state index in [0.29, 0.717) is 15.8 Å². The van der Waals surface area contributed by atoms with Gasteiger partial charge < -0.3 is 15.0 Å². The number of halogens is 2. The first-order chi connectivity index (χ1) is 15.9. The van der Waals surface area contributed by atoms with Crippen molar-refractivity contribution in [2.75, 3.05) is 6.61 Å². The second kappa shape index (κ2) is 12.3. The molecule has 178 valence electrons. The number of hydrogen-bond donors (Lipinski definition) is 1. The highest BCUT2D eigenvalue weighted by molar-refractivity contribution is 6.35. The Bertz CT molecular complexity index is 943.